The van der Waals surface area contributed by atoms with E-state index in [0.717, 1.165) is 22.4 Å². The number of amides is 2. The zero-order valence-electron chi connectivity index (χ0n) is 18.3. The summed E-state index contributed by atoms with van der Waals surface area (Å²) in [7, 11) is 6.08. The number of esters is 1. The van der Waals surface area contributed by atoms with Gasteiger partial charge in [0.2, 0.25) is 0 Å². The number of benzene rings is 2. The highest BCUT2D eigenvalue weighted by molar-refractivity contribution is 5.77. The van der Waals surface area contributed by atoms with E-state index in [9.17, 15) is 9.59 Å². The summed E-state index contributed by atoms with van der Waals surface area (Å²) in [5.74, 6) is 1.50. The molecule has 1 aliphatic rings. The van der Waals surface area contributed by atoms with Crippen molar-refractivity contribution in [3.8, 4) is 17.2 Å². The third-order valence-corrected chi connectivity index (χ3v) is 5.43. The van der Waals surface area contributed by atoms with Crippen molar-refractivity contribution in [2.45, 2.75) is 25.4 Å². The van der Waals surface area contributed by atoms with Gasteiger partial charge in [0.05, 0.1) is 40.9 Å². The van der Waals surface area contributed by atoms with E-state index >= 15 is 0 Å². The number of rotatable bonds is 7. The van der Waals surface area contributed by atoms with Crippen LogP contribution in [0.5, 0.6) is 17.2 Å². The van der Waals surface area contributed by atoms with Gasteiger partial charge in [-0.25, -0.2) is 4.79 Å². The zero-order valence-corrected chi connectivity index (χ0v) is 18.3. The topological polar surface area (TPSA) is 86.3 Å². The Kier molecular flexibility index (Phi) is 7.23. The van der Waals surface area contributed by atoms with Crippen LogP contribution in [0.4, 0.5) is 4.79 Å². The second-order valence-electron chi connectivity index (χ2n) is 7.16. The number of hydrogen-bond donors (Lipinski definition) is 1. The van der Waals surface area contributed by atoms with E-state index in [1.54, 1.807) is 26.2 Å². The van der Waals surface area contributed by atoms with Gasteiger partial charge < -0.3 is 29.2 Å². The predicted octanol–water partition coefficient (Wildman–Crippen LogP) is 3.08. The van der Waals surface area contributed by atoms with E-state index in [2.05, 4.69) is 5.32 Å². The summed E-state index contributed by atoms with van der Waals surface area (Å²) < 4.78 is 21.0. The molecule has 8 heteroatoms. The van der Waals surface area contributed by atoms with E-state index in [1.807, 2.05) is 36.4 Å². The minimum atomic E-state index is -0.471. The average Bonchev–Trinajstić information content (AvgIpc) is 2.81. The molecule has 0 aliphatic carbocycles. The Morgan fingerprint density at radius 3 is 2.45 bits per heavy atom. The van der Waals surface area contributed by atoms with Crippen LogP contribution in [0.1, 0.15) is 29.2 Å². The number of carbonyl (C=O) groups is 2. The summed E-state index contributed by atoms with van der Waals surface area (Å²) in [6.45, 7) is 0.810. The molecule has 0 radical (unpaired) electrons. The van der Waals surface area contributed by atoms with Crippen LogP contribution < -0.4 is 19.5 Å². The lowest BCUT2D eigenvalue weighted by molar-refractivity contribution is -0.141. The molecule has 2 aromatic carbocycles. The summed E-state index contributed by atoms with van der Waals surface area (Å²) in [6, 6.07) is 10.5. The maximum absolute atomic E-state index is 13.1. The molecule has 2 aromatic rings. The normalized spacial score (nSPS) is 15.0. The third kappa shape index (κ3) is 5.02. The highest BCUT2D eigenvalue weighted by Gasteiger charge is 2.34. The van der Waals surface area contributed by atoms with Crippen molar-refractivity contribution in [3.05, 3.63) is 53.1 Å². The fraction of sp³-hybridized carbons (Fsp3) is 0.391. The zero-order chi connectivity index (χ0) is 22.4. The fourth-order valence-corrected chi connectivity index (χ4v) is 3.79. The molecule has 0 aromatic heterocycles. The SMILES string of the molecule is COC(=O)C[C@@H]1c2cc(OC)c(OC)cc2CCN1C(=O)NCc1cccc(OC)c1. The van der Waals surface area contributed by atoms with Crippen molar-refractivity contribution in [1.82, 2.24) is 10.2 Å². The smallest absolute Gasteiger partial charge is 0.318 e. The van der Waals surface area contributed by atoms with Gasteiger partial charge in [-0.1, -0.05) is 12.1 Å². The molecule has 0 saturated heterocycles. The van der Waals surface area contributed by atoms with E-state index in [-0.39, 0.29) is 12.5 Å². The minimum Gasteiger partial charge on any atom is -0.497 e. The van der Waals surface area contributed by atoms with Gasteiger partial charge in [0.25, 0.3) is 0 Å². The lowest BCUT2D eigenvalue weighted by Crippen LogP contribution is -2.46. The van der Waals surface area contributed by atoms with E-state index < -0.39 is 12.0 Å². The first-order chi connectivity index (χ1) is 15.0. The maximum Gasteiger partial charge on any atom is 0.318 e. The van der Waals surface area contributed by atoms with E-state index in [1.165, 1.54) is 7.11 Å². The highest BCUT2D eigenvalue weighted by Crippen LogP contribution is 2.39. The molecule has 3 rings (SSSR count). The Hall–Kier alpha value is -3.42. The Bertz CT molecular complexity index is 946. The molecule has 1 atom stereocenters. The molecule has 2 amide bonds. The van der Waals surface area contributed by atoms with Crippen LogP contribution in [-0.4, -0.2) is 51.9 Å². The molecule has 0 saturated carbocycles. The molecule has 8 nitrogen and oxygen atoms in total. The Labute approximate surface area is 182 Å². The number of hydrogen-bond acceptors (Lipinski definition) is 6. The molecule has 0 spiro atoms. The Morgan fingerprint density at radius 1 is 1.03 bits per heavy atom. The van der Waals surface area contributed by atoms with Crippen LogP contribution in [0.25, 0.3) is 0 Å². The fourth-order valence-electron chi connectivity index (χ4n) is 3.79. The summed E-state index contributed by atoms with van der Waals surface area (Å²) in [5.41, 5.74) is 2.79. The summed E-state index contributed by atoms with van der Waals surface area (Å²) >= 11 is 0. The van der Waals surface area contributed by atoms with Gasteiger partial charge in [-0.2, -0.15) is 0 Å². The van der Waals surface area contributed by atoms with Crippen LogP contribution >= 0.6 is 0 Å². The first kappa shape index (κ1) is 22.3. The van der Waals surface area contributed by atoms with Crippen molar-refractivity contribution in [3.63, 3.8) is 0 Å². The van der Waals surface area contributed by atoms with Crippen molar-refractivity contribution in [2.75, 3.05) is 35.0 Å². The van der Waals surface area contributed by atoms with Gasteiger partial charge >= 0.3 is 12.0 Å². The highest BCUT2D eigenvalue weighted by atomic mass is 16.5. The summed E-state index contributed by atoms with van der Waals surface area (Å²) in [5, 5.41) is 2.95. The molecule has 0 bridgehead atoms. The number of nitrogens with one attached hydrogen (secondary N) is 1. The largest absolute Gasteiger partial charge is 0.497 e. The van der Waals surface area contributed by atoms with Crippen molar-refractivity contribution in [1.29, 1.82) is 0 Å². The Balaban J connectivity index is 1.84. The van der Waals surface area contributed by atoms with Crippen molar-refractivity contribution >= 4 is 12.0 Å². The quantitative estimate of drug-likeness (QED) is 0.682. The molecule has 0 fully saturated rings. The molecular formula is C23H28N2O6. The van der Waals surface area contributed by atoms with Crippen LogP contribution in [0.3, 0.4) is 0 Å². The van der Waals surface area contributed by atoms with Crippen LogP contribution in [0.15, 0.2) is 36.4 Å². The van der Waals surface area contributed by atoms with Crippen molar-refractivity contribution in [2.24, 2.45) is 0 Å². The standard InChI is InChI=1S/C23H28N2O6/c1-28-17-7-5-6-15(10-17)14-24-23(27)25-9-8-16-11-20(29-2)21(30-3)12-18(16)19(25)13-22(26)31-4/h5-7,10-12,19H,8-9,13-14H2,1-4H3,(H,24,27)/t19-/m1/s1. The third-order valence-electron chi connectivity index (χ3n) is 5.43. The molecule has 1 N–H and O–H groups in total. The van der Waals surface area contributed by atoms with Gasteiger partial charge in [0, 0.05) is 13.1 Å². The molecular weight excluding hydrogens is 400 g/mol. The number of nitrogens with zero attached hydrogens (tertiary/aromatic N) is 1. The molecule has 31 heavy (non-hydrogen) atoms. The number of carbonyl (C=O) groups excluding carboxylic acids is 2. The van der Waals surface area contributed by atoms with Crippen LogP contribution in [-0.2, 0) is 22.5 Å². The van der Waals surface area contributed by atoms with Crippen LogP contribution in [0, 0.1) is 0 Å². The van der Waals surface area contributed by atoms with E-state index in [0.29, 0.717) is 31.0 Å². The number of methoxy groups -OCH3 is 4. The molecule has 0 unspecified atom stereocenters. The lowest BCUT2D eigenvalue weighted by atomic mass is 9.90. The second kappa shape index (κ2) is 10.1. The Morgan fingerprint density at radius 2 is 1.77 bits per heavy atom. The van der Waals surface area contributed by atoms with Gasteiger partial charge in [-0.15, -0.1) is 0 Å². The van der Waals surface area contributed by atoms with Gasteiger partial charge in [0.15, 0.2) is 11.5 Å². The average molecular weight is 428 g/mol. The van der Waals surface area contributed by atoms with Gasteiger partial charge in [-0.3, -0.25) is 4.79 Å². The number of fused-ring (bicyclic) bond motifs is 1. The maximum atomic E-state index is 13.1. The number of urea groups is 1. The van der Waals surface area contributed by atoms with Crippen LogP contribution in [0.2, 0.25) is 0 Å². The van der Waals surface area contributed by atoms with E-state index in [4.69, 9.17) is 18.9 Å². The predicted molar refractivity (Wildman–Crippen MR) is 115 cm³/mol. The lowest BCUT2D eigenvalue weighted by Gasteiger charge is -2.37. The summed E-state index contributed by atoms with van der Waals surface area (Å²) in [6.07, 6.45) is 0.686. The number of ether oxygens (including phenoxy) is 4. The van der Waals surface area contributed by atoms with Gasteiger partial charge in [-0.05, 0) is 47.4 Å². The molecule has 1 aliphatic heterocycles. The monoisotopic (exact) mass is 428 g/mol. The second-order valence-corrected chi connectivity index (χ2v) is 7.16. The van der Waals surface area contributed by atoms with Crippen molar-refractivity contribution < 1.29 is 28.5 Å². The molecule has 166 valence electrons. The summed E-state index contributed by atoms with van der Waals surface area (Å²) in [4.78, 5) is 26.9. The minimum absolute atomic E-state index is 0.0472. The molecule has 1 heterocycles. The van der Waals surface area contributed by atoms with Gasteiger partial charge in [0.1, 0.15) is 5.75 Å². The first-order valence-corrected chi connectivity index (χ1v) is 9.99. The first-order valence-electron chi connectivity index (χ1n) is 9.99.